The number of hydrogen-bond donors (Lipinski definition) is 0. The van der Waals surface area contributed by atoms with Crippen molar-refractivity contribution >= 4 is 27.5 Å². The average Bonchev–Trinajstić information content (AvgIpc) is 3.07. The number of likely N-dealkylation sites (tertiary alicyclic amines) is 1. The Morgan fingerprint density at radius 3 is 2.80 bits per heavy atom. The third-order valence-electron chi connectivity index (χ3n) is 5.02. The van der Waals surface area contributed by atoms with Gasteiger partial charge in [0.05, 0.1) is 22.7 Å². The fraction of sp³-hybridized carbons (Fsp3) is 0.333. The highest BCUT2D eigenvalue weighted by atomic mass is 32.1. The molecule has 2 aromatic carbocycles. The van der Waals surface area contributed by atoms with Gasteiger partial charge in [0.2, 0.25) is 5.91 Å². The molecular formula is C21H22N2OS. The first kappa shape index (κ1) is 16.3. The van der Waals surface area contributed by atoms with Crippen molar-refractivity contribution in [3.63, 3.8) is 0 Å². The molecule has 1 fully saturated rings. The Labute approximate surface area is 152 Å². The number of benzene rings is 2. The van der Waals surface area contributed by atoms with Crippen LogP contribution in [0.4, 0.5) is 0 Å². The lowest BCUT2D eigenvalue weighted by Crippen LogP contribution is -2.39. The maximum absolute atomic E-state index is 13.0. The predicted molar refractivity (Wildman–Crippen MR) is 103 cm³/mol. The van der Waals surface area contributed by atoms with E-state index in [-0.39, 0.29) is 11.9 Å². The van der Waals surface area contributed by atoms with Crippen LogP contribution in [0.1, 0.15) is 41.4 Å². The number of aryl methyl sites for hydroxylation is 1. The molecule has 4 heteroatoms. The summed E-state index contributed by atoms with van der Waals surface area (Å²) in [6.07, 6.45) is 3.74. The van der Waals surface area contributed by atoms with Gasteiger partial charge in [-0.1, -0.05) is 36.4 Å². The number of piperidine rings is 1. The first-order chi connectivity index (χ1) is 12.2. The maximum atomic E-state index is 13.0. The first-order valence-electron chi connectivity index (χ1n) is 8.92. The number of rotatable bonds is 3. The molecule has 1 aromatic heterocycles. The van der Waals surface area contributed by atoms with Gasteiger partial charge in [-0.2, -0.15) is 0 Å². The standard InChI is InChI=1S/C21H22N2OS/c1-15-8-2-3-9-16(15)14-20(24)23-13-7-6-11-18(23)21-22-17-10-4-5-12-19(17)25-21/h2-5,8-10,12,18H,6-7,11,13-14H2,1H3/t18-/m1/s1. The number of thiazole rings is 1. The number of aromatic nitrogens is 1. The molecule has 3 aromatic rings. The molecule has 1 aliphatic heterocycles. The van der Waals surface area contributed by atoms with Gasteiger partial charge in [-0.25, -0.2) is 4.98 Å². The molecule has 128 valence electrons. The summed E-state index contributed by atoms with van der Waals surface area (Å²) in [7, 11) is 0. The third kappa shape index (κ3) is 3.31. The number of nitrogens with zero attached hydrogens (tertiary/aromatic N) is 2. The van der Waals surface area contributed by atoms with Crippen LogP contribution in [-0.4, -0.2) is 22.3 Å². The number of carbonyl (C=O) groups excluding carboxylic acids is 1. The van der Waals surface area contributed by atoms with Gasteiger partial charge in [0.25, 0.3) is 0 Å². The third-order valence-corrected chi connectivity index (χ3v) is 6.16. The summed E-state index contributed by atoms with van der Waals surface area (Å²) in [5, 5.41) is 1.08. The summed E-state index contributed by atoms with van der Waals surface area (Å²) < 4.78 is 1.20. The van der Waals surface area contributed by atoms with E-state index in [9.17, 15) is 4.79 Å². The van der Waals surface area contributed by atoms with Crippen molar-refractivity contribution in [2.75, 3.05) is 6.54 Å². The Morgan fingerprint density at radius 2 is 1.96 bits per heavy atom. The van der Waals surface area contributed by atoms with Gasteiger partial charge in [-0.15, -0.1) is 11.3 Å². The molecule has 0 N–H and O–H groups in total. The van der Waals surface area contributed by atoms with E-state index in [4.69, 9.17) is 4.98 Å². The lowest BCUT2D eigenvalue weighted by Gasteiger charge is -2.34. The second-order valence-corrected chi connectivity index (χ2v) is 7.78. The first-order valence-corrected chi connectivity index (χ1v) is 9.73. The normalized spacial score (nSPS) is 17.8. The Morgan fingerprint density at radius 1 is 1.16 bits per heavy atom. The van der Waals surface area contributed by atoms with Crippen LogP contribution in [0.2, 0.25) is 0 Å². The summed E-state index contributed by atoms with van der Waals surface area (Å²) in [6, 6.07) is 16.5. The zero-order valence-corrected chi connectivity index (χ0v) is 15.3. The minimum Gasteiger partial charge on any atom is -0.333 e. The quantitative estimate of drug-likeness (QED) is 0.673. The molecule has 25 heavy (non-hydrogen) atoms. The van der Waals surface area contributed by atoms with E-state index in [1.807, 2.05) is 24.3 Å². The fourth-order valence-corrected chi connectivity index (χ4v) is 4.71. The number of para-hydroxylation sites is 1. The highest BCUT2D eigenvalue weighted by molar-refractivity contribution is 7.18. The zero-order valence-electron chi connectivity index (χ0n) is 14.4. The molecule has 4 rings (SSSR count). The summed E-state index contributed by atoms with van der Waals surface area (Å²) in [4.78, 5) is 19.9. The minimum absolute atomic E-state index is 0.127. The van der Waals surface area contributed by atoms with E-state index in [1.165, 1.54) is 10.3 Å². The van der Waals surface area contributed by atoms with Crippen molar-refractivity contribution in [1.29, 1.82) is 0 Å². The highest BCUT2D eigenvalue weighted by Gasteiger charge is 2.30. The van der Waals surface area contributed by atoms with E-state index < -0.39 is 0 Å². The molecule has 0 bridgehead atoms. The molecule has 1 saturated heterocycles. The van der Waals surface area contributed by atoms with Crippen molar-refractivity contribution in [3.8, 4) is 0 Å². The van der Waals surface area contributed by atoms with Crippen molar-refractivity contribution in [2.45, 2.75) is 38.6 Å². The van der Waals surface area contributed by atoms with Gasteiger partial charge in [0.1, 0.15) is 5.01 Å². The average molecular weight is 350 g/mol. The van der Waals surface area contributed by atoms with Gasteiger partial charge in [-0.05, 0) is 49.4 Å². The van der Waals surface area contributed by atoms with Crippen molar-refractivity contribution in [1.82, 2.24) is 9.88 Å². The largest absolute Gasteiger partial charge is 0.333 e. The molecule has 0 radical (unpaired) electrons. The van der Waals surface area contributed by atoms with Crippen LogP contribution in [0.15, 0.2) is 48.5 Å². The van der Waals surface area contributed by atoms with Crippen LogP contribution >= 0.6 is 11.3 Å². The summed E-state index contributed by atoms with van der Waals surface area (Å²) in [6.45, 7) is 2.91. The number of carbonyl (C=O) groups is 1. The van der Waals surface area contributed by atoms with Gasteiger partial charge in [-0.3, -0.25) is 4.79 Å². The number of fused-ring (bicyclic) bond motifs is 1. The minimum atomic E-state index is 0.127. The van der Waals surface area contributed by atoms with Gasteiger partial charge in [0.15, 0.2) is 0 Å². The van der Waals surface area contributed by atoms with E-state index in [0.29, 0.717) is 6.42 Å². The smallest absolute Gasteiger partial charge is 0.227 e. The highest BCUT2D eigenvalue weighted by Crippen LogP contribution is 2.36. The second-order valence-electron chi connectivity index (χ2n) is 6.72. The van der Waals surface area contributed by atoms with Crippen molar-refractivity contribution < 1.29 is 4.79 Å². The lowest BCUT2D eigenvalue weighted by molar-refractivity contribution is -0.134. The Bertz CT molecular complexity index is 869. The van der Waals surface area contributed by atoms with Crippen molar-refractivity contribution in [2.24, 2.45) is 0 Å². The van der Waals surface area contributed by atoms with Gasteiger partial charge < -0.3 is 4.90 Å². The molecule has 1 aliphatic rings. The van der Waals surface area contributed by atoms with Gasteiger partial charge in [0, 0.05) is 6.54 Å². The van der Waals surface area contributed by atoms with E-state index in [2.05, 4.69) is 36.1 Å². The topological polar surface area (TPSA) is 33.2 Å². The lowest BCUT2D eigenvalue weighted by atomic mass is 10.00. The predicted octanol–water partition coefficient (Wildman–Crippen LogP) is 4.90. The molecule has 1 atom stereocenters. The molecule has 0 spiro atoms. The summed E-state index contributed by atoms with van der Waals surface area (Å²) in [5.41, 5.74) is 3.35. The molecule has 2 heterocycles. The van der Waals surface area contributed by atoms with E-state index in [0.717, 1.165) is 41.9 Å². The molecule has 0 aliphatic carbocycles. The van der Waals surface area contributed by atoms with Gasteiger partial charge >= 0.3 is 0 Å². The van der Waals surface area contributed by atoms with Crippen LogP contribution in [-0.2, 0) is 11.2 Å². The number of amides is 1. The van der Waals surface area contributed by atoms with Crippen LogP contribution in [0.25, 0.3) is 10.2 Å². The maximum Gasteiger partial charge on any atom is 0.227 e. The number of hydrogen-bond acceptors (Lipinski definition) is 3. The second kappa shape index (κ2) is 6.96. The Hall–Kier alpha value is -2.20. The molecular weight excluding hydrogens is 328 g/mol. The van der Waals surface area contributed by atoms with Crippen LogP contribution < -0.4 is 0 Å². The fourth-order valence-electron chi connectivity index (χ4n) is 3.59. The van der Waals surface area contributed by atoms with E-state index in [1.54, 1.807) is 11.3 Å². The van der Waals surface area contributed by atoms with Crippen LogP contribution in [0.5, 0.6) is 0 Å². The van der Waals surface area contributed by atoms with Crippen LogP contribution in [0.3, 0.4) is 0 Å². The molecule has 0 unspecified atom stereocenters. The SMILES string of the molecule is Cc1ccccc1CC(=O)N1CCCC[C@@H]1c1nc2ccccc2s1. The summed E-state index contributed by atoms with van der Waals surface area (Å²) >= 11 is 1.73. The van der Waals surface area contributed by atoms with Crippen molar-refractivity contribution in [3.05, 3.63) is 64.7 Å². The monoisotopic (exact) mass is 350 g/mol. The molecule has 1 amide bonds. The Balaban J connectivity index is 1.60. The zero-order chi connectivity index (χ0) is 17.2. The molecule has 3 nitrogen and oxygen atoms in total. The molecule has 0 saturated carbocycles. The Kier molecular flexibility index (Phi) is 4.53. The summed E-state index contributed by atoms with van der Waals surface area (Å²) in [5.74, 6) is 0.221. The van der Waals surface area contributed by atoms with E-state index >= 15 is 0 Å². The van der Waals surface area contributed by atoms with Crippen LogP contribution in [0, 0.1) is 6.92 Å².